The lowest BCUT2D eigenvalue weighted by Crippen LogP contribution is -2.11. The lowest BCUT2D eigenvalue weighted by molar-refractivity contribution is 0.0681. The smallest absolute Gasteiger partial charge is 0.343 e. The van der Waals surface area contributed by atoms with Crippen molar-refractivity contribution in [1.29, 1.82) is 0 Å². The van der Waals surface area contributed by atoms with Crippen LogP contribution in [0, 0.1) is 0 Å². The molecule has 2 aromatic rings. The molecule has 2 rings (SSSR count). The van der Waals surface area contributed by atoms with Gasteiger partial charge < -0.3 is 14.6 Å². The summed E-state index contributed by atoms with van der Waals surface area (Å²) in [5, 5.41) is 9.35. The zero-order valence-corrected chi connectivity index (χ0v) is 13.6. The van der Waals surface area contributed by atoms with Crippen LogP contribution in [-0.4, -0.2) is 24.2 Å². The molecule has 0 bridgehead atoms. The van der Waals surface area contributed by atoms with Crippen LogP contribution in [-0.2, 0) is 0 Å². The second-order valence-electron chi connectivity index (χ2n) is 4.18. The Morgan fingerprint density at radius 2 is 1.82 bits per heavy atom. The van der Waals surface area contributed by atoms with Crippen molar-refractivity contribution in [2.24, 2.45) is 0 Å². The molecule has 0 aliphatic rings. The SMILES string of the molecule is COc1ccc(C(=O)Oc2ccc(Cl)cc2C(=O)O)cc1Br. The van der Waals surface area contributed by atoms with Gasteiger partial charge in [-0.25, -0.2) is 9.59 Å². The molecule has 1 N–H and O–H groups in total. The van der Waals surface area contributed by atoms with E-state index in [0.29, 0.717) is 10.2 Å². The average Bonchev–Trinajstić information content (AvgIpc) is 2.48. The number of hydrogen-bond donors (Lipinski definition) is 1. The minimum absolute atomic E-state index is 0.0751. The molecule has 114 valence electrons. The second-order valence-corrected chi connectivity index (χ2v) is 5.48. The van der Waals surface area contributed by atoms with E-state index in [4.69, 9.17) is 26.2 Å². The van der Waals surface area contributed by atoms with Gasteiger partial charge >= 0.3 is 11.9 Å². The Morgan fingerprint density at radius 1 is 1.14 bits per heavy atom. The van der Waals surface area contributed by atoms with E-state index in [2.05, 4.69) is 15.9 Å². The first-order chi connectivity index (χ1) is 10.4. The van der Waals surface area contributed by atoms with E-state index in [0.717, 1.165) is 0 Å². The summed E-state index contributed by atoms with van der Waals surface area (Å²) < 4.78 is 10.8. The minimum Gasteiger partial charge on any atom is -0.496 e. The highest BCUT2D eigenvalue weighted by molar-refractivity contribution is 9.10. The number of esters is 1. The number of aromatic carboxylic acids is 1. The predicted molar refractivity (Wildman–Crippen MR) is 84.1 cm³/mol. The molecule has 0 spiro atoms. The van der Waals surface area contributed by atoms with Crippen molar-refractivity contribution >= 4 is 39.5 Å². The van der Waals surface area contributed by atoms with Crippen LogP contribution in [0.5, 0.6) is 11.5 Å². The highest BCUT2D eigenvalue weighted by atomic mass is 79.9. The summed E-state index contributed by atoms with van der Waals surface area (Å²) >= 11 is 9.01. The van der Waals surface area contributed by atoms with E-state index in [-0.39, 0.29) is 21.9 Å². The molecule has 0 unspecified atom stereocenters. The number of benzene rings is 2. The topological polar surface area (TPSA) is 72.8 Å². The van der Waals surface area contributed by atoms with Crippen LogP contribution in [0.2, 0.25) is 5.02 Å². The number of carboxylic acids is 1. The van der Waals surface area contributed by atoms with Gasteiger partial charge in [-0.3, -0.25) is 0 Å². The molecule has 0 aromatic heterocycles. The molecule has 2 aromatic carbocycles. The molecule has 0 atom stereocenters. The van der Waals surface area contributed by atoms with Crippen molar-refractivity contribution in [3.63, 3.8) is 0 Å². The van der Waals surface area contributed by atoms with Crippen molar-refractivity contribution < 1.29 is 24.2 Å². The van der Waals surface area contributed by atoms with Crippen LogP contribution in [0.4, 0.5) is 0 Å². The predicted octanol–water partition coefficient (Wildman–Crippen LogP) is 4.03. The van der Waals surface area contributed by atoms with E-state index < -0.39 is 11.9 Å². The second kappa shape index (κ2) is 6.81. The summed E-state index contributed by atoms with van der Waals surface area (Å²) in [7, 11) is 1.50. The maximum Gasteiger partial charge on any atom is 0.343 e. The maximum atomic E-state index is 12.1. The van der Waals surface area contributed by atoms with Gasteiger partial charge in [-0.2, -0.15) is 0 Å². The summed E-state index contributed by atoms with van der Waals surface area (Å²) in [5.41, 5.74) is 0.0624. The van der Waals surface area contributed by atoms with Gasteiger partial charge in [0.1, 0.15) is 17.1 Å². The van der Waals surface area contributed by atoms with Crippen LogP contribution in [0.25, 0.3) is 0 Å². The largest absolute Gasteiger partial charge is 0.496 e. The molecule has 0 fully saturated rings. The molecule has 0 aliphatic heterocycles. The summed E-state index contributed by atoms with van der Waals surface area (Å²) in [5.74, 6) is -1.43. The van der Waals surface area contributed by atoms with Crippen LogP contribution in [0.15, 0.2) is 40.9 Å². The van der Waals surface area contributed by atoms with E-state index in [9.17, 15) is 9.59 Å². The third-order valence-electron chi connectivity index (χ3n) is 2.76. The Balaban J connectivity index is 2.29. The van der Waals surface area contributed by atoms with Crippen molar-refractivity contribution in [3.05, 3.63) is 57.0 Å². The number of ether oxygens (including phenoxy) is 2. The highest BCUT2D eigenvalue weighted by Crippen LogP contribution is 2.27. The van der Waals surface area contributed by atoms with Crippen LogP contribution >= 0.6 is 27.5 Å². The minimum atomic E-state index is -1.23. The quantitative estimate of drug-likeness (QED) is 0.635. The number of carboxylic acid groups (broad SMARTS) is 1. The Labute approximate surface area is 139 Å². The third kappa shape index (κ3) is 3.58. The monoisotopic (exact) mass is 384 g/mol. The van der Waals surface area contributed by atoms with E-state index in [1.54, 1.807) is 6.07 Å². The number of carbonyl (C=O) groups excluding carboxylic acids is 1. The number of rotatable bonds is 4. The van der Waals surface area contributed by atoms with E-state index in [1.807, 2.05) is 0 Å². The summed E-state index contributed by atoms with van der Waals surface area (Å²) in [6, 6.07) is 8.64. The van der Waals surface area contributed by atoms with Gasteiger partial charge in [0.05, 0.1) is 17.1 Å². The van der Waals surface area contributed by atoms with Gasteiger partial charge in [-0.15, -0.1) is 0 Å². The average molecular weight is 386 g/mol. The van der Waals surface area contributed by atoms with E-state index in [1.165, 1.54) is 37.4 Å². The summed E-state index contributed by atoms with van der Waals surface area (Å²) in [4.78, 5) is 23.3. The third-order valence-corrected chi connectivity index (χ3v) is 3.62. The highest BCUT2D eigenvalue weighted by Gasteiger charge is 2.17. The molecule has 7 heteroatoms. The summed E-state index contributed by atoms with van der Waals surface area (Å²) in [6.07, 6.45) is 0. The lowest BCUT2D eigenvalue weighted by Gasteiger charge is -2.09. The Hall–Kier alpha value is -2.05. The molecule has 0 amide bonds. The first-order valence-electron chi connectivity index (χ1n) is 6.01. The normalized spacial score (nSPS) is 10.1. The van der Waals surface area contributed by atoms with E-state index >= 15 is 0 Å². The molecule has 22 heavy (non-hydrogen) atoms. The Bertz CT molecular complexity index is 745. The molecule has 0 radical (unpaired) electrons. The fourth-order valence-corrected chi connectivity index (χ4v) is 2.42. The first-order valence-corrected chi connectivity index (χ1v) is 7.18. The fourth-order valence-electron chi connectivity index (χ4n) is 1.71. The van der Waals surface area contributed by atoms with Crippen molar-refractivity contribution in [2.75, 3.05) is 7.11 Å². The molecule has 5 nitrogen and oxygen atoms in total. The van der Waals surface area contributed by atoms with Gasteiger partial charge in [0, 0.05) is 5.02 Å². The Morgan fingerprint density at radius 3 is 2.41 bits per heavy atom. The van der Waals surface area contributed by atoms with Gasteiger partial charge in [0.25, 0.3) is 0 Å². The van der Waals surface area contributed by atoms with Crippen molar-refractivity contribution in [1.82, 2.24) is 0 Å². The maximum absolute atomic E-state index is 12.1. The summed E-state index contributed by atoms with van der Waals surface area (Å²) in [6.45, 7) is 0. The zero-order chi connectivity index (χ0) is 16.3. The van der Waals surface area contributed by atoms with Crippen LogP contribution < -0.4 is 9.47 Å². The van der Waals surface area contributed by atoms with Crippen molar-refractivity contribution in [2.45, 2.75) is 0 Å². The molecular formula is C15H10BrClO5. The first kappa shape index (κ1) is 16.3. The molecule has 0 saturated heterocycles. The molecule has 0 heterocycles. The van der Waals surface area contributed by atoms with Gasteiger partial charge in [0.15, 0.2) is 0 Å². The standard InChI is InChI=1S/C15H10BrClO5/c1-21-13-4-2-8(6-11(13)16)15(20)22-12-5-3-9(17)7-10(12)14(18)19/h2-7H,1H3,(H,18,19). The zero-order valence-electron chi connectivity index (χ0n) is 11.3. The molecular weight excluding hydrogens is 376 g/mol. The van der Waals surface area contributed by atoms with Gasteiger partial charge in [0.2, 0.25) is 0 Å². The molecule has 0 aliphatic carbocycles. The van der Waals surface area contributed by atoms with Gasteiger partial charge in [-0.05, 0) is 52.3 Å². The Kier molecular flexibility index (Phi) is 5.05. The van der Waals surface area contributed by atoms with Gasteiger partial charge in [-0.1, -0.05) is 11.6 Å². The number of methoxy groups -OCH3 is 1. The van der Waals surface area contributed by atoms with Crippen molar-refractivity contribution in [3.8, 4) is 11.5 Å². The van der Waals surface area contributed by atoms with Crippen LogP contribution in [0.3, 0.4) is 0 Å². The lowest BCUT2D eigenvalue weighted by atomic mass is 10.2. The fraction of sp³-hybridized carbons (Fsp3) is 0.0667. The number of carbonyl (C=O) groups is 2. The number of hydrogen-bond acceptors (Lipinski definition) is 4. The number of halogens is 2. The molecule has 0 saturated carbocycles. The van der Waals surface area contributed by atoms with Crippen LogP contribution in [0.1, 0.15) is 20.7 Å².